The van der Waals surface area contributed by atoms with Gasteiger partial charge >= 0.3 is 0 Å². The normalized spacial score (nSPS) is 11.7. The number of aromatic amines is 2. The zero-order valence-corrected chi connectivity index (χ0v) is 67.3. The first-order valence-corrected chi connectivity index (χ1v) is 41.8. The van der Waals surface area contributed by atoms with E-state index in [4.69, 9.17) is 88.7 Å². The molecule has 19 rings (SSSR count). The SMILES string of the molecule is CCCCCc1ccc(Oc2cc3c(cc2Oc2ccc(CCCCC)cc2)-c2nc-3nc3[nH]c(nc4nc(nc5[nH]c(n2)c2cc6nc(-c7ccccn7)c(-c7ccccn7)nc6cc52)-c2cc5nc(-c6ccccn6)c(-c6ccccn6)nc5cc2-4)c2cc(Oc4ccc(CCCCC)cc4)c(Oc4ccc(CCCCC)cc4)cc32)cc1. The summed E-state index contributed by atoms with van der Waals surface area (Å²) >= 11 is 0. The molecule has 0 aliphatic carbocycles. The highest BCUT2D eigenvalue weighted by molar-refractivity contribution is 6.11. The van der Waals surface area contributed by atoms with Gasteiger partial charge in [0.25, 0.3) is 0 Å². The van der Waals surface area contributed by atoms with Crippen LogP contribution in [0.25, 0.3) is 157 Å². The van der Waals surface area contributed by atoms with Crippen LogP contribution >= 0.6 is 0 Å². The van der Waals surface area contributed by atoms with Crippen molar-refractivity contribution in [1.29, 1.82) is 0 Å². The summed E-state index contributed by atoms with van der Waals surface area (Å²) in [5, 5.41) is 2.57. The van der Waals surface area contributed by atoms with Crippen molar-refractivity contribution in [3.8, 4) is 137 Å². The monoisotopic (exact) mass is 1570 g/mol. The quantitative estimate of drug-likeness (QED) is 0.0433. The largest absolute Gasteiger partial charge is 0.453 e. The number of benzene rings is 8. The summed E-state index contributed by atoms with van der Waals surface area (Å²) in [5.41, 5.74) is 15.9. The van der Waals surface area contributed by atoms with Gasteiger partial charge in [-0.3, -0.25) is 19.9 Å². The van der Waals surface area contributed by atoms with Crippen LogP contribution in [-0.2, 0) is 25.7 Å². The summed E-state index contributed by atoms with van der Waals surface area (Å²) in [5.74, 6) is 5.48. The lowest BCUT2D eigenvalue weighted by atomic mass is 10.1. The van der Waals surface area contributed by atoms with Crippen LogP contribution in [0.1, 0.15) is 127 Å². The molecule has 9 aromatic heterocycles. The summed E-state index contributed by atoms with van der Waals surface area (Å²) in [4.78, 5) is 82.0. The number of hydrogen-bond donors (Lipinski definition) is 2. The molecule has 11 heterocycles. The average molecular weight is 1580 g/mol. The van der Waals surface area contributed by atoms with Gasteiger partial charge in [0, 0.05) is 68.6 Å². The number of fused-ring (bicyclic) bond motifs is 22. The molecule has 0 atom stereocenters. The Balaban J connectivity index is 0.894. The van der Waals surface area contributed by atoms with Crippen LogP contribution in [-0.4, -0.2) is 79.7 Å². The molecule has 17 aromatic rings. The molecule has 0 amide bonds. The Labute approximate surface area is 693 Å². The molecular formula is C100H86N16O4. The van der Waals surface area contributed by atoms with E-state index in [-0.39, 0.29) is 0 Å². The molecule has 590 valence electrons. The molecule has 0 unspecified atom stereocenters. The van der Waals surface area contributed by atoms with E-state index in [1.807, 2.05) is 170 Å². The van der Waals surface area contributed by atoms with E-state index in [0.29, 0.717) is 203 Å². The van der Waals surface area contributed by atoms with Crippen molar-refractivity contribution in [2.24, 2.45) is 0 Å². The first-order chi connectivity index (χ1) is 59.2. The molecule has 20 heteroatoms. The third-order valence-corrected chi connectivity index (χ3v) is 22.0. The van der Waals surface area contributed by atoms with E-state index in [9.17, 15) is 0 Å². The van der Waals surface area contributed by atoms with Gasteiger partial charge in [0.05, 0.1) is 44.8 Å². The van der Waals surface area contributed by atoms with Crippen LogP contribution in [0.3, 0.4) is 0 Å². The number of rotatable bonds is 28. The van der Waals surface area contributed by atoms with Gasteiger partial charge < -0.3 is 28.9 Å². The van der Waals surface area contributed by atoms with Gasteiger partial charge in [0.1, 0.15) is 68.4 Å². The van der Waals surface area contributed by atoms with Crippen molar-refractivity contribution in [2.75, 3.05) is 0 Å². The minimum absolute atomic E-state index is 0.308. The van der Waals surface area contributed by atoms with Crippen LogP contribution in [0, 0.1) is 0 Å². The van der Waals surface area contributed by atoms with Crippen LogP contribution in [0.15, 0.2) is 243 Å². The van der Waals surface area contributed by atoms with Gasteiger partial charge in [-0.1, -0.05) is 152 Å². The fraction of sp³-hybridized carbons (Fsp3) is 0.200. The fourth-order valence-electron chi connectivity index (χ4n) is 15.7. The number of aryl methyl sites for hydroxylation is 4. The molecule has 8 bridgehead atoms. The van der Waals surface area contributed by atoms with Crippen LogP contribution in [0.4, 0.5) is 0 Å². The third-order valence-electron chi connectivity index (χ3n) is 22.0. The Morgan fingerprint density at radius 3 is 0.750 bits per heavy atom. The number of ether oxygens (including phenoxy) is 4. The molecule has 8 aromatic carbocycles. The van der Waals surface area contributed by atoms with E-state index < -0.39 is 0 Å². The van der Waals surface area contributed by atoms with Crippen LogP contribution < -0.4 is 18.9 Å². The summed E-state index contributed by atoms with van der Waals surface area (Å²) in [6.45, 7) is 8.90. The first-order valence-electron chi connectivity index (χ1n) is 41.8. The average Bonchev–Trinajstić information content (AvgIpc) is 1.54. The number of H-pyrrole nitrogens is 2. The van der Waals surface area contributed by atoms with Gasteiger partial charge in [-0.05, 0) is 219 Å². The highest BCUT2D eigenvalue weighted by Crippen LogP contribution is 2.48. The Kier molecular flexibility index (Phi) is 21.5. The molecule has 0 radical (unpaired) electrons. The van der Waals surface area contributed by atoms with Crippen molar-refractivity contribution < 1.29 is 18.9 Å². The predicted octanol–water partition coefficient (Wildman–Crippen LogP) is 25.1. The summed E-state index contributed by atoms with van der Waals surface area (Å²) in [6.07, 6.45) is 24.4. The van der Waals surface area contributed by atoms with E-state index >= 15 is 0 Å². The van der Waals surface area contributed by atoms with E-state index in [1.165, 1.54) is 22.3 Å². The lowest BCUT2D eigenvalue weighted by Gasteiger charge is -2.15. The molecule has 0 saturated carbocycles. The highest BCUT2D eigenvalue weighted by Gasteiger charge is 2.29. The number of hydrogen-bond acceptors (Lipinski definition) is 18. The van der Waals surface area contributed by atoms with Gasteiger partial charge in [-0.2, -0.15) is 0 Å². The van der Waals surface area contributed by atoms with Crippen molar-refractivity contribution in [3.05, 3.63) is 265 Å². The smallest absolute Gasteiger partial charge is 0.170 e. The second-order valence-electron chi connectivity index (χ2n) is 30.6. The Morgan fingerprint density at radius 2 is 0.492 bits per heavy atom. The predicted molar refractivity (Wildman–Crippen MR) is 474 cm³/mol. The summed E-state index contributed by atoms with van der Waals surface area (Å²) in [6, 6.07) is 72.0. The van der Waals surface area contributed by atoms with Gasteiger partial charge in [0.2, 0.25) is 0 Å². The Hall–Kier alpha value is -14.4. The second-order valence-corrected chi connectivity index (χ2v) is 30.6. The zero-order chi connectivity index (χ0) is 80.8. The number of unbranched alkanes of at least 4 members (excludes halogenated alkanes) is 8. The Morgan fingerprint density at radius 1 is 0.242 bits per heavy atom. The summed E-state index contributed by atoms with van der Waals surface area (Å²) < 4.78 is 28.3. The standard InChI is InChI=1S/C100H86N16O4/c1-5-9-13-25-61-33-41-65(42-34-61)117-85-57-73-75(59-87(85)119-67-45-37-63(38-46-67)27-15-11-7-3)99-114-97(73)112-95-71-55-83-81(105-89(77-29-17-21-49-101-77)91(107-83)79-31-19-23-51-103-79)53-69(71)93(110-95)109-94-70-54-82-84(108-92(80-32-20-24-52-104-80)90(106-82)78-30-18-22-50-102-78)56-72(70)96(111-94)113-98-74-58-86(118-66-43-35-62(36-44-66)26-14-10-6-2)88(60-76(74)100(115-98)116-99)120-68-47-39-64(40-48-68)28-16-12-8-4/h17-24,29-60H,5-16,25-28H2,1-4H3,(H2,109,110,111,112,113,114,115,116). The molecule has 2 aliphatic rings. The minimum atomic E-state index is 0.308. The number of pyridine rings is 4. The van der Waals surface area contributed by atoms with E-state index in [2.05, 4.69) is 86.2 Å². The van der Waals surface area contributed by atoms with Gasteiger partial charge in [0.15, 0.2) is 46.3 Å². The molecule has 0 spiro atoms. The first kappa shape index (κ1) is 75.6. The maximum atomic E-state index is 7.09. The fourth-order valence-corrected chi connectivity index (χ4v) is 15.7. The molecule has 2 aliphatic heterocycles. The van der Waals surface area contributed by atoms with Crippen LogP contribution in [0.5, 0.6) is 46.0 Å². The van der Waals surface area contributed by atoms with Crippen molar-refractivity contribution >= 4 is 66.2 Å². The maximum absolute atomic E-state index is 7.09. The second kappa shape index (κ2) is 34.0. The number of nitrogens with zero attached hydrogens (tertiary/aromatic N) is 14. The Bertz CT molecular complexity index is 6820. The van der Waals surface area contributed by atoms with Crippen molar-refractivity contribution in [3.63, 3.8) is 0 Å². The maximum Gasteiger partial charge on any atom is 0.170 e. The highest BCUT2D eigenvalue weighted by atomic mass is 16.5. The topological polar surface area (TPSA) is 249 Å². The lowest BCUT2D eigenvalue weighted by Crippen LogP contribution is -1.98. The molecule has 2 N–H and O–H groups in total. The molecular weight excluding hydrogens is 1490 g/mol. The third kappa shape index (κ3) is 15.9. The van der Waals surface area contributed by atoms with Crippen molar-refractivity contribution in [1.82, 2.24) is 79.7 Å². The lowest BCUT2D eigenvalue weighted by molar-refractivity contribution is 0.419. The minimum Gasteiger partial charge on any atom is -0.453 e. The number of aromatic nitrogens is 16. The molecule has 20 nitrogen and oxygen atoms in total. The molecule has 0 saturated heterocycles. The van der Waals surface area contributed by atoms with Gasteiger partial charge in [-0.15, -0.1) is 0 Å². The van der Waals surface area contributed by atoms with Crippen LogP contribution in [0.2, 0.25) is 0 Å². The van der Waals surface area contributed by atoms with Crippen molar-refractivity contribution in [2.45, 2.75) is 130 Å². The molecule has 0 fully saturated rings. The zero-order valence-electron chi connectivity index (χ0n) is 67.3. The van der Waals surface area contributed by atoms with E-state index in [1.54, 1.807) is 24.8 Å². The summed E-state index contributed by atoms with van der Waals surface area (Å²) in [7, 11) is 0. The van der Waals surface area contributed by atoms with Gasteiger partial charge in [-0.25, -0.2) is 49.8 Å². The van der Waals surface area contributed by atoms with E-state index in [0.717, 1.165) is 103 Å². The number of nitrogens with one attached hydrogen (secondary N) is 2. The molecule has 120 heavy (non-hydrogen) atoms.